The first kappa shape index (κ1) is 14.6. The first-order valence-corrected chi connectivity index (χ1v) is 5.86. The van der Waals surface area contributed by atoms with E-state index in [2.05, 4.69) is 10.3 Å². The second-order valence-electron chi connectivity index (χ2n) is 4.10. The van der Waals surface area contributed by atoms with Crippen LogP contribution in [0.2, 0.25) is 0 Å². The highest BCUT2D eigenvalue weighted by molar-refractivity contribution is 5.94. The minimum absolute atomic E-state index is 0.174. The first-order chi connectivity index (χ1) is 9.99. The van der Waals surface area contributed by atoms with Crippen LogP contribution in [0.1, 0.15) is 10.4 Å². The molecule has 2 rings (SSSR count). The fraction of sp³-hybridized carbons (Fsp3) is 0.167. The van der Waals surface area contributed by atoms with Gasteiger partial charge in [0.05, 0.1) is 22.9 Å². The lowest BCUT2D eigenvalue weighted by Crippen LogP contribution is -2.28. The number of hydrogen-bond donors (Lipinski definition) is 1. The van der Waals surface area contributed by atoms with Crippen LogP contribution in [0.15, 0.2) is 30.9 Å². The molecule has 9 heteroatoms. The molecule has 0 aliphatic carbocycles. The van der Waals surface area contributed by atoms with Crippen LogP contribution in [0.3, 0.4) is 0 Å². The summed E-state index contributed by atoms with van der Waals surface area (Å²) in [5.74, 6) is -3.26. The summed E-state index contributed by atoms with van der Waals surface area (Å²) in [4.78, 5) is 24.9. The van der Waals surface area contributed by atoms with E-state index in [0.717, 1.165) is 0 Å². The number of carbonyl (C=O) groups excluding carboxylic acids is 1. The molecular formula is C12H10F2N4O3. The largest absolute Gasteiger partial charge is 0.350 e. The lowest BCUT2D eigenvalue weighted by atomic mass is 10.1. The topological polar surface area (TPSA) is 90.1 Å². The average molecular weight is 296 g/mol. The quantitative estimate of drug-likeness (QED) is 0.668. The Morgan fingerprint density at radius 1 is 1.38 bits per heavy atom. The maximum atomic E-state index is 13.6. The van der Waals surface area contributed by atoms with Crippen LogP contribution in [-0.2, 0) is 6.54 Å². The number of benzene rings is 1. The van der Waals surface area contributed by atoms with Gasteiger partial charge in [0, 0.05) is 25.5 Å². The van der Waals surface area contributed by atoms with Crippen molar-refractivity contribution >= 4 is 11.6 Å². The summed E-state index contributed by atoms with van der Waals surface area (Å²) in [5, 5.41) is 12.8. The van der Waals surface area contributed by atoms with Crippen molar-refractivity contribution in [1.29, 1.82) is 0 Å². The zero-order valence-corrected chi connectivity index (χ0v) is 10.6. The lowest BCUT2D eigenvalue weighted by molar-refractivity contribution is -0.387. The third kappa shape index (κ3) is 3.38. The van der Waals surface area contributed by atoms with Gasteiger partial charge in [0.25, 0.3) is 5.91 Å². The molecule has 0 aliphatic heterocycles. The number of rotatable bonds is 5. The van der Waals surface area contributed by atoms with E-state index in [-0.39, 0.29) is 6.54 Å². The zero-order valence-electron chi connectivity index (χ0n) is 10.6. The van der Waals surface area contributed by atoms with E-state index in [1.165, 1.54) is 6.33 Å². The van der Waals surface area contributed by atoms with E-state index in [0.29, 0.717) is 18.7 Å². The predicted molar refractivity (Wildman–Crippen MR) is 67.6 cm³/mol. The van der Waals surface area contributed by atoms with Crippen LogP contribution in [0.25, 0.3) is 0 Å². The number of carbonyl (C=O) groups is 1. The van der Waals surface area contributed by atoms with E-state index < -0.39 is 33.7 Å². The lowest BCUT2D eigenvalue weighted by Gasteiger charge is -2.07. The number of aromatic nitrogens is 2. The van der Waals surface area contributed by atoms with E-state index in [1.807, 2.05) is 0 Å². The van der Waals surface area contributed by atoms with Crippen LogP contribution >= 0.6 is 0 Å². The number of nitrogens with one attached hydrogen (secondary N) is 1. The number of nitro benzene ring substituents is 1. The molecule has 0 radical (unpaired) electrons. The zero-order chi connectivity index (χ0) is 15.4. The molecule has 1 heterocycles. The molecule has 0 fully saturated rings. The van der Waals surface area contributed by atoms with Gasteiger partial charge < -0.3 is 9.88 Å². The Morgan fingerprint density at radius 3 is 2.76 bits per heavy atom. The van der Waals surface area contributed by atoms with Crippen molar-refractivity contribution in [3.8, 4) is 0 Å². The minimum Gasteiger partial charge on any atom is -0.350 e. The molecule has 0 spiro atoms. The van der Waals surface area contributed by atoms with Gasteiger partial charge in [-0.1, -0.05) is 0 Å². The van der Waals surface area contributed by atoms with E-state index in [4.69, 9.17) is 0 Å². The van der Waals surface area contributed by atoms with E-state index in [9.17, 15) is 23.7 Å². The van der Waals surface area contributed by atoms with E-state index in [1.54, 1.807) is 17.0 Å². The molecule has 7 nitrogen and oxygen atoms in total. The van der Waals surface area contributed by atoms with Crippen molar-refractivity contribution in [3.05, 3.63) is 58.2 Å². The second-order valence-corrected chi connectivity index (χ2v) is 4.10. The van der Waals surface area contributed by atoms with Gasteiger partial charge in [0.2, 0.25) is 5.82 Å². The first-order valence-electron chi connectivity index (χ1n) is 5.86. The normalized spacial score (nSPS) is 10.4. The number of hydrogen-bond acceptors (Lipinski definition) is 4. The summed E-state index contributed by atoms with van der Waals surface area (Å²) in [7, 11) is 0. The molecule has 1 aromatic heterocycles. The molecule has 1 N–H and O–H groups in total. The molecule has 110 valence electrons. The standard InChI is InChI=1S/C12H10F2N4O3/c13-9-6-11(18(20)21)10(14)5-8(9)12(19)16-2-4-17-3-1-15-7-17/h1,3,5-7H,2,4H2,(H,16,19). The highest BCUT2D eigenvalue weighted by atomic mass is 19.1. The van der Waals surface area contributed by atoms with Crippen molar-refractivity contribution in [2.45, 2.75) is 6.54 Å². The third-order valence-electron chi connectivity index (χ3n) is 2.69. The fourth-order valence-electron chi connectivity index (χ4n) is 1.66. The van der Waals surface area contributed by atoms with Crippen molar-refractivity contribution in [3.63, 3.8) is 0 Å². The molecule has 0 atom stereocenters. The van der Waals surface area contributed by atoms with E-state index >= 15 is 0 Å². The van der Waals surface area contributed by atoms with Crippen LogP contribution < -0.4 is 5.32 Å². The Bertz CT molecular complexity index is 673. The molecule has 0 aliphatic rings. The number of nitro groups is 1. The fourth-order valence-corrected chi connectivity index (χ4v) is 1.66. The summed E-state index contributed by atoms with van der Waals surface area (Å²) in [5.41, 5.74) is -1.59. The van der Waals surface area contributed by atoms with Gasteiger partial charge >= 0.3 is 5.69 Å². The van der Waals surface area contributed by atoms with Crippen molar-refractivity contribution in [2.24, 2.45) is 0 Å². The van der Waals surface area contributed by atoms with Gasteiger partial charge in [-0.15, -0.1) is 0 Å². The summed E-state index contributed by atoms with van der Waals surface area (Å²) in [6.07, 6.45) is 4.78. The number of amides is 1. The van der Waals surface area contributed by atoms with Crippen molar-refractivity contribution in [1.82, 2.24) is 14.9 Å². The summed E-state index contributed by atoms with van der Waals surface area (Å²) < 4.78 is 28.7. The number of halogens is 2. The molecule has 0 saturated heterocycles. The Balaban J connectivity index is 2.05. The minimum atomic E-state index is -1.26. The number of nitrogens with zero attached hydrogens (tertiary/aromatic N) is 3. The van der Waals surface area contributed by atoms with Gasteiger partial charge in [0.15, 0.2) is 0 Å². The Hall–Kier alpha value is -2.84. The Morgan fingerprint density at radius 2 is 2.14 bits per heavy atom. The van der Waals surface area contributed by atoms with Crippen LogP contribution in [0.5, 0.6) is 0 Å². The van der Waals surface area contributed by atoms with Crippen LogP contribution in [0.4, 0.5) is 14.5 Å². The second kappa shape index (κ2) is 6.07. The Labute approximate surface area is 117 Å². The summed E-state index contributed by atoms with van der Waals surface area (Å²) >= 11 is 0. The van der Waals surface area contributed by atoms with Crippen molar-refractivity contribution < 1.29 is 18.5 Å². The molecular weight excluding hydrogens is 286 g/mol. The van der Waals surface area contributed by atoms with Gasteiger partial charge in [-0.05, 0) is 6.07 Å². The smallest absolute Gasteiger partial charge is 0.307 e. The molecule has 2 aromatic rings. The third-order valence-corrected chi connectivity index (χ3v) is 2.69. The Kier molecular flexibility index (Phi) is 4.21. The van der Waals surface area contributed by atoms with Crippen LogP contribution in [0, 0.1) is 21.7 Å². The molecule has 21 heavy (non-hydrogen) atoms. The van der Waals surface area contributed by atoms with Gasteiger partial charge in [-0.2, -0.15) is 4.39 Å². The van der Waals surface area contributed by atoms with Gasteiger partial charge in [0.1, 0.15) is 5.82 Å². The SMILES string of the molecule is O=C(NCCn1ccnc1)c1cc(F)c([N+](=O)[O-])cc1F. The predicted octanol–water partition coefficient (Wildman–Crippen LogP) is 1.50. The van der Waals surface area contributed by atoms with Crippen molar-refractivity contribution in [2.75, 3.05) is 6.54 Å². The molecule has 0 unspecified atom stereocenters. The summed E-state index contributed by atoms with van der Waals surface area (Å²) in [6.45, 7) is 0.579. The maximum absolute atomic E-state index is 13.6. The maximum Gasteiger partial charge on any atom is 0.307 e. The molecule has 1 amide bonds. The van der Waals surface area contributed by atoms with Crippen LogP contribution in [-0.4, -0.2) is 26.9 Å². The molecule has 0 saturated carbocycles. The van der Waals surface area contributed by atoms with Gasteiger partial charge in [-0.25, -0.2) is 9.37 Å². The highest BCUT2D eigenvalue weighted by Crippen LogP contribution is 2.21. The average Bonchev–Trinajstić information content (AvgIpc) is 2.93. The highest BCUT2D eigenvalue weighted by Gasteiger charge is 2.21. The van der Waals surface area contributed by atoms with Gasteiger partial charge in [-0.3, -0.25) is 14.9 Å². The molecule has 0 bridgehead atoms. The molecule has 1 aromatic carbocycles. The monoisotopic (exact) mass is 296 g/mol. The number of imidazole rings is 1. The summed E-state index contributed by atoms with van der Waals surface area (Å²) in [6, 6.07) is 0.903.